The smallest absolute Gasteiger partial charge is 0.255 e. The van der Waals surface area contributed by atoms with Crippen molar-refractivity contribution in [2.75, 3.05) is 32.7 Å². The van der Waals surface area contributed by atoms with E-state index in [4.69, 9.17) is 17.3 Å². The number of piperazine rings is 1. The van der Waals surface area contributed by atoms with Crippen molar-refractivity contribution >= 4 is 23.4 Å². The summed E-state index contributed by atoms with van der Waals surface area (Å²) < 4.78 is 13.1. The number of halogens is 2. The van der Waals surface area contributed by atoms with Crippen LogP contribution in [-0.4, -0.2) is 54.3 Å². The molecule has 7 heteroatoms. The zero-order chi connectivity index (χ0) is 18.0. The number of nitrogens with zero attached hydrogens (tertiary/aromatic N) is 2. The van der Waals surface area contributed by atoms with Crippen LogP contribution in [0.25, 0.3) is 0 Å². The van der Waals surface area contributed by atoms with Gasteiger partial charge in [-0.15, -0.1) is 0 Å². The van der Waals surface area contributed by atoms with Crippen LogP contribution in [0.15, 0.2) is 18.2 Å². The number of benzene rings is 1. The molecular weight excluding hydrogens is 345 g/mol. The Balaban J connectivity index is 1.60. The monoisotopic (exact) mass is 367 g/mol. The lowest BCUT2D eigenvalue weighted by Gasteiger charge is -2.37. The third-order valence-corrected chi connectivity index (χ3v) is 5.63. The van der Waals surface area contributed by atoms with Crippen molar-refractivity contribution in [3.05, 3.63) is 34.6 Å². The van der Waals surface area contributed by atoms with E-state index in [2.05, 4.69) is 0 Å². The molecule has 2 fully saturated rings. The molecule has 1 saturated heterocycles. The van der Waals surface area contributed by atoms with Gasteiger partial charge in [0.2, 0.25) is 5.91 Å². The minimum absolute atomic E-state index is 0.0267. The highest BCUT2D eigenvalue weighted by Gasteiger charge is 2.36. The van der Waals surface area contributed by atoms with E-state index < -0.39 is 5.82 Å². The lowest BCUT2D eigenvalue weighted by molar-refractivity contribution is -0.138. The predicted octanol–water partition coefficient (Wildman–Crippen LogP) is 2.14. The molecule has 2 aliphatic rings. The van der Waals surface area contributed by atoms with Gasteiger partial charge in [-0.1, -0.05) is 18.0 Å². The minimum Gasteiger partial charge on any atom is -0.339 e. The Hall–Kier alpha value is -1.66. The summed E-state index contributed by atoms with van der Waals surface area (Å²) >= 11 is 5.98. The maximum Gasteiger partial charge on any atom is 0.255 e. The van der Waals surface area contributed by atoms with Crippen molar-refractivity contribution < 1.29 is 14.0 Å². The maximum atomic E-state index is 13.1. The fourth-order valence-electron chi connectivity index (χ4n) is 3.84. The minimum atomic E-state index is -0.469. The van der Waals surface area contributed by atoms with E-state index in [-0.39, 0.29) is 28.7 Å². The Labute approximate surface area is 151 Å². The van der Waals surface area contributed by atoms with Gasteiger partial charge in [0.1, 0.15) is 5.82 Å². The molecule has 1 aromatic rings. The largest absolute Gasteiger partial charge is 0.339 e. The number of amides is 2. The van der Waals surface area contributed by atoms with E-state index in [0.29, 0.717) is 38.3 Å². The normalized spacial score (nSPS) is 23.8. The number of hydrogen-bond donors (Lipinski definition) is 1. The summed E-state index contributed by atoms with van der Waals surface area (Å²) in [6.45, 7) is 2.49. The topological polar surface area (TPSA) is 66.6 Å². The average molecular weight is 368 g/mol. The number of carbonyl (C=O) groups excluding carboxylic acids is 2. The summed E-state index contributed by atoms with van der Waals surface area (Å²) in [6.07, 6.45) is 2.99. The number of carbonyl (C=O) groups is 2. The first-order valence-electron chi connectivity index (χ1n) is 8.74. The number of nitrogens with two attached hydrogens (primary N) is 1. The Bertz CT molecular complexity index is 662. The van der Waals surface area contributed by atoms with Crippen LogP contribution < -0.4 is 5.73 Å². The van der Waals surface area contributed by atoms with E-state index in [9.17, 15) is 14.0 Å². The zero-order valence-electron chi connectivity index (χ0n) is 14.1. The summed E-state index contributed by atoms with van der Waals surface area (Å²) in [5.41, 5.74) is 6.07. The molecule has 2 amide bonds. The second-order valence-electron chi connectivity index (χ2n) is 6.77. The molecule has 1 aliphatic carbocycles. The van der Waals surface area contributed by atoms with Gasteiger partial charge in [-0.2, -0.15) is 0 Å². The standard InChI is InChI=1S/C18H23ClFN3O2/c19-16-10-13(20)4-5-15(16)18(25)23-8-6-22(7-9-23)17(24)14-3-1-2-12(14)11-21/h4-5,10,12,14H,1-3,6-9,11,21H2/t12-,14-/m1/s1. The molecule has 1 saturated carbocycles. The highest BCUT2D eigenvalue weighted by Crippen LogP contribution is 2.32. The molecule has 2 atom stereocenters. The lowest BCUT2D eigenvalue weighted by atomic mass is 9.94. The molecule has 3 rings (SSSR count). The van der Waals surface area contributed by atoms with Crippen LogP contribution in [0.1, 0.15) is 29.6 Å². The lowest BCUT2D eigenvalue weighted by Crippen LogP contribution is -2.52. The van der Waals surface area contributed by atoms with Gasteiger partial charge < -0.3 is 15.5 Å². The molecule has 0 aromatic heterocycles. The van der Waals surface area contributed by atoms with Crippen molar-refractivity contribution in [1.29, 1.82) is 0 Å². The first-order valence-corrected chi connectivity index (χ1v) is 9.12. The van der Waals surface area contributed by atoms with Gasteiger partial charge in [-0.25, -0.2) is 4.39 Å². The molecule has 0 unspecified atom stereocenters. The molecule has 1 aromatic carbocycles. The summed E-state index contributed by atoms with van der Waals surface area (Å²) in [7, 11) is 0. The fraction of sp³-hybridized carbons (Fsp3) is 0.556. The summed E-state index contributed by atoms with van der Waals surface area (Å²) in [6, 6.07) is 3.77. The third kappa shape index (κ3) is 3.80. The zero-order valence-corrected chi connectivity index (χ0v) is 14.8. The van der Waals surface area contributed by atoms with Gasteiger partial charge in [-0.05, 0) is 43.5 Å². The Morgan fingerprint density at radius 2 is 1.84 bits per heavy atom. The Morgan fingerprint density at radius 3 is 2.48 bits per heavy atom. The van der Waals surface area contributed by atoms with Crippen molar-refractivity contribution in [1.82, 2.24) is 9.80 Å². The van der Waals surface area contributed by atoms with Crippen molar-refractivity contribution in [2.45, 2.75) is 19.3 Å². The second kappa shape index (κ2) is 7.70. The van der Waals surface area contributed by atoms with Gasteiger partial charge in [0.15, 0.2) is 0 Å². The van der Waals surface area contributed by atoms with Gasteiger partial charge >= 0.3 is 0 Å². The molecule has 1 aliphatic heterocycles. The van der Waals surface area contributed by atoms with Crippen LogP contribution in [-0.2, 0) is 4.79 Å². The highest BCUT2D eigenvalue weighted by atomic mass is 35.5. The van der Waals surface area contributed by atoms with Crippen molar-refractivity contribution in [2.24, 2.45) is 17.6 Å². The Kier molecular flexibility index (Phi) is 5.59. The van der Waals surface area contributed by atoms with Gasteiger partial charge in [0.25, 0.3) is 5.91 Å². The SMILES string of the molecule is NC[C@H]1CCC[C@H]1C(=O)N1CCN(C(=O)c2ccc(F)cc2Cl)CC1. The molecule has 0 radical (unpaired) electrons. The predicted molar refractivity (Wildman–Crippen MR) is 93.8 cm³/mol. The summed E-state index contributed by atoms with van der Waals surface area (Å²) in [5.74, 6) is -0.218. The van der Waals surface area contributed by atoms with E-state index in [1.54, 1.807) is 4.90 Å². The fourth-order valence-corrected chi connectivity index (χ4v) is 4.09. The van der Waals surface area contributed by atoms with Crippen LogP contribution in [0.4, 0.5) is 4.39 Å². The number of hydrogen-bond acceptors (Lipinski definition) is 3. The Morgan fingerprint density at radius 1 is 1.16 bits per heavy atom. The quantitative estimate of drug-likeness (QED) is 0.890. The van der Waals surface area contributed by atoms with Crippen LogP contribution in [0.5, 0.6) is 0 Å². The molecule has 2 N–H and O–H groups in total. The number of rotatable bonds is 3. The van der Waals surface area contributed by atoms with E-state index in [1.165, 1.54) is 12.1 Å². The van der Waals surface area contributed by atoms with Crippen molar-refractivity contribution in [3.8, 4) is 0 Å². The molecule has 0 spiro atoms. The first-order chi connectivity index (χ1) is 12.0. The van der Waals surface area contributed by atoms with Crippen LogP contribution in [0.2, 0.25) is 5.02 Å². The second-order valence-corrected chi connectivity index (χ2v) is 7.18. The van der Waals surface area contributed by atoms with Gasteiger partial charge in [0, 0.05) is 32.1 Å². The molecule has 25 heavy (non-hydrogen) atoms. The van der Waals surface area contributed by atoms with E-state index in [1.807, 2.05) is 4.90 Å². The van der Waals surface area contributed by atoms with E-state index >= 15 is 0 Å². The molecule has 5 nitrogen and oxygen atoms in total. The van der Waals surface area contributed by atoms with Gasteiger partial charge in [-0.3, -0.25) is 9.59 Å². The first kappa shape index (κ1) is 18.1. The van der Waals surface area contributed by atoms with Gasteiger partial charge in [0.05, 0.1) is 10.6 Å². The average Bonchev–Trinajstić information content (AvgIpc) is 3.09. The molecule has 1 heterocycles. The molecular formula is C18H23ClFN3O2. The third-order valence-electron chi connectivity index (χ3n) is 5.32. The molecule has 136 valence electrons. The summed E-state index contributed by atoms with van der Waals surface area (Å²) in [4.78, 5) is 28.8. The van der Waals surface area contributed by atoms with Crippen LogP contribution in [0.3, 0.4) is 0 Å². The summed E-state index contributed by atoms with van der Waals surface area (Å²) in [5, 5.41) is 0.111. The highest BCUT2D eigenvalue weighted by molar-refractivity contribution is 6.33. The van der Waals surface area contributed by atoms with Crippen molar-refractivity contribution in [3.63, 3.8) is 0 Å². The van der Waals surface area contributed by atoms with Crippen LogP contribution >= 0.6 is 11.6 Å². The van der Waals surface area contributed by atoms with Crippen LogP contribution in [0, 0.1) is 17.7 Å². The molecule has 0 bridgehead atoms. The maximum absolute atomic E-state index is 13.1. The van der Waals surface area contributed by atoms with E-state index in [0.717, 1.165) is 25.3 Å².